The molecule has 9 heavy (non-hydrogen) atoms. The van der Waals surface area contributed by atoms with Gasteiger partial charge in [0.2, 0.25) is 0 Å². The quantitative estimate of drug-likeness (QED) is 0.469. The lowest BCUT2D eigenvalue weighted by atomic mass is 10.3. The molecule has 0 unspecified atom stereocenters. The Bertz CT molecular complexity index is 100. The lowest BCUT2D eigenvalue weighted by molar-refractivity contribution is -0.125. The molecule has 0 saturated carbocycles. The van der Waals surface area contributed by atoms with E-state index < -0.39 is 6.04 Å². The largest absolute Gasteiger partial charge is 0.320 e. The van der Waals surface area contributed by atoms with Crippen molar-refractivity contribution >= 4 is 5.91 Å². The van der Waals surface area contributed by atoms with E-state index in [0.717, 1.165) is 0 Å². The molecule has 0 aliphatic rings. The van der Waals surface area contributed by atoms with Crippen molar-refractivity contribution < 1.29 is 4.79 Å². The molecule has 0 aliphatic carbocycles. The Kier molecular flexibility index (Phi) is 3.19. The van der Waals surface area contributed by atoms with Crippen LogP contribution in [0.2, 0.25) is 0 Å². The Labute approximate surface area is 55.0 Å². The highest BCUT2D eigenvalue weighted by atomic mass is 16.2. The second-order valence-electron chi connectivity index (χ2n) is 2.16. The molecule has 0 spiro atoms. The first-order chi connectivity index (χ1) is 4.04. The number of hydrogen-bond acceptors (Lipinski definition) is 3. The van der Waals surface area contributed by atoms with Crippen LogP contribution in [-0.4, -0.2) is 31.1 Å². The van der Waals surface area contributed by atoms with Gasteiger partial charge in [-0.25, -0.2) is 5.01 Å². The molecule has 4 nitrogen and oxygen atoms in total. The number of nitrogens with two attached hydrogens (primary N) is 1. The monoisotopic (exact) mass is 131 g/mol. The number of hydrogen-bond donors (Lipinski definition) is 2. The molecule has 0 radical (unpaired) electrons. The zero-order chi connectivity index (χ0) is 7.44. The van der Waals surface area contributed by atoms with Gasteiger partial charge in [0.25, 0.3) is 5.91 Å². The highest BCUT2D eigenvalue weighted by Crippen LogP contribution is 1.74. The van der Waals surface area contributed by atoms with Gasteiger partial charge in [-0.1, -0.05) is 0 Å². The fraction of sp³-hybridized carbons (Fsp3) is 0.800. The minimum atomic E-state index is -0.438. The van der Waals surface area contributed by atoms with Crippen LogP contribution in [0, 0.1) is 0 Å². The lowest BCUT2D eigenvalue weighted by Gasteiger charge is -2.12. The molecule has 54 valence electrons. The fourth-order valence-corrected chi connectivity index (χ4v) is 0.322. The minimum absolute atomic E-state index is 0.167. The molecule has 1 amide bonds. The summed E-state index contributed by atoms with van der Waals surface area (Å²) in [5, 5.41) is 1.56. The third-order valence-electron chi connectivity index (χ3n) is 0.747. The number of nitrogens with one attached hydrogen (secondary N) is 1. The van der Waals surface area contributed by atoms with E-state index in [1.54, 1.807) is 26.0 Å². The van der Waals surface area contributed by atoms with Crippen molar-refractivity contribution in [1.29, 1.82) is 0 Å². The Morgan fingerprint density at radius 3 is 2.22 bits per heavy atom. The maximum atomic E-state index is 10.7. The summed E-state index contributed by atoms with van der Waals surface area (Å²) >= 11 is 0. The zero-order valence-corrected chi connectivity index (χ0v) is 6.01. The van der Waals surface area contributed by atoms with Crippen LogP contribution in [0.4, 0.5) is 0 Å². The van der Waals surface area contributed by atoms with Crippen LogP contribution in [0.25, 0.3) is 0 Å². The summed E-state index contributed by atoms with van der Waals surface area (Å²) < 4.78 is 0. The average Bonchev–Trinajstić information content (AvgIpc) is 1.63. The molecule has 0 aromatic heterocycles. The smallest absolute Gasteiger partial charge is 0.250 e. The highest BCUT2D eigenvalue weighted by Gasteiger charge is 2.05. The van der Waals surface area contributed by atoms with E-state index >= 15 is 0 Å². The number of amides is 1. The number of hydrazine groups is 1. The average molecular weight is 131 g/mol. The van der Waals surface area contributed by atoms with Gasteiger partial charge >= 0.3 is 0 Å². The van der Waals surface area contributed by atoms with E-state index in [0.29, 0.717) is 0 Å². The molecule has 0 saturated heterocycles. The Morgan fingerprint density at radius 2 is 2.11 bits per heavy atom. The Morgan fingerprint density at radius 1 is 1.67 bits per heavy atom. The van der Waals surface area contributed by atoms with Gasteiger partial charge in [-0.2, -0.15) is 0 Å². The van der Waals surface area contributed by atoms with E-state index in [4.69, 9.17) is 5.73 Å². The summed E-state index contributed by atoms with van der Waals surface area (Å²) in [6.45, 7) is 1.64. The molecule has 3 N–H and O–H groups in total. The van der Waals surface area contributed by atoms with Crippen LogP contribution in [0.5, 0.6) is 0 Å². The number of carbonyl (C=O) groups excluding carboxylic acids is 1. The first kappa shape index (κ1) is 8.39. The van der Waals surface area contributed by atoms with Gasteiger partial charge in [-0.3, -0.25) is 10.2 Å². The third kappa shape index (κ3) is 3.93. The van der Waals surface area contributed by atoms with Crippen molar-refractivity contribution in [3.05, 3.63) is 0 Å². The summed E-state index contributed by atoms with van der Waals surface area (Å²) in [6, 6.07) is -0.438. The SMILES string of the molecule is C[C@H](N)C(=O)NN(C)C. The van der Waals surface area contributed by atoms with Crippen LogP contribution in [0.1, 0.15) is 6.92 Å². The highest BCUT2D eigenvalue weighted by molar-refractivity contribution is 5.80. The van der Waals surface area contributed by atoms with E-state index in [9.17, 15) is 4.79 Å². The van der Waals surface area contributed by atoms with E-state index in [-0.39, 0.29) is 5.91 Å². The second kappa shape index (κ2) is 3.42. The summed E-state index contributed by atoms with van der Waals surface area (Å²) in [5.41, 5.74) is 7.76. The molecule has 0 aromatic carbocycles. The first-order valence-corrected chi connectivity index (χ1v) is 2.77. The van der Waals surface area contributed by atoms with Crippen LogP contribution >= 0.6 is 0 Å². The van der Waals surface area contributed by atoms with Crippen molar-refractivity contribution in [2.45, 2.75) is 13.0 Å². The van der Waals surface area contributed by atoms with Gasteiger partial charge in [-0.15, -0.1) is 0 Å². The van der Waals surface area contributed by atoms with Gasteiger partial charge in [0.1, 0.15) is 0 Å². The van der Waals surface area contributed by atoms with Gasteiger partial charge in [0, 0.05) is 14.1 Å². The van der Waals surface area contributed by atoms with Crippen LogP contribution in [-0.2, 0) is 4.79 Å². The first-order valence-electron chi connectivity index (χ1n) is 2.77. The van der Waals surface area contributed by atoms with E-state index in [2.05, 4.69) is 5.43 Å². The van der Waals surface area contributed by atoms with Crippen LogP contribution in [0.3, 0.4) is 0 Å². The van der Waals surface area contributed by atoms with Crippen LogP contribution in [0.15, 0.2) is 0 Å². The zero-order valence-electron chi connectivity index (χ0n) is 6.01. The van der Waals surface area contributed by atoms with Crippen LogP contribution < -0.4 is 11.2 Å². The topological polar surface area (TPSA) is 58.4 Å². The van der Waals surface area contributed by atoms with Gasteiger partial charge in [0.05, 0.1) is 6.04 Å². The van der Waals surface area contributed by atoms with Gasteiger partial charge < -0.3 is 5.73 Å². The maximum Gasteiger partial charge on any atom is 0.250 e. The summed E-state index contributed by atoms with van der Waals surface area (Å²) in [7, 11) is 3.47. The standard InChI is InChI=1S/C5H13N3O/c1-4(6)5(9)7-8(2)3/h4H,6H2,1-3H3,(H,7,9)/t4-/m0/s1. The Balaban J connectivity index is 3.51. The molecule has 0 aromatic rings. The number of nitrogens with zero attached hydrogens (tertiary/aromatic N) is 1. The molecule has 0 rings (SSSR count). The fourth-order valence-electron chi connectivity index (χ4n) is 0.322. The Hall–Kier alpha value is -0.610. The molecule has 0 bridgehead atoms. The number of carbonyl (C=O) groups is 1. The predicted octanol–water partition coefficient (Wildman–Crippen LogP) is -1.07. The summed E-state index contributed by atoms with van der Waals surface area (Å²) in [6.07, 6.45) is 0. The molecule has 4 heteroatoms. The van der Waals surface area contributed by atoms with Crippen molar-refractivity contribution in [2.75, 3.05) is 14.1 Å². The summed E-state index contributed by atoms with van der Waals surface area (Å²) in [5.74, 6) is -0.167. The molecular weight excluding hydrogens is 118 g/mol. The van der Waals surface area contributed by atoms with Crippen molar-refractivity contribution in [3.63, 3.8) is 0 Å². The van der Waals surface area contributed by atoms with Crippen molar-refractivity contribution in [1.82, 2.24) is 10.4 Å². The number of rotatable bonds is 2. The molecule has 1 atom stereocenters. The van der Waals surface area contributed by atoms with Gasteiger partial charge in [0.15, 0.2) is 0 Å². The van der Waals surface area contributed by atoms with E-state index in [1.165, 1.54) is 0 Å². The second-order valence-corrected chi connectivity index (χ2v) is 2.16. The predicted molar refractivity (Wildman–Crippen MR) is 35.5 cm³/mol. The normalized spacial score (nSPS) is 13.4. The van der Waals surface area contributed by atoms with Gasteiger partial charge in [-0.05, 0) is 6.92 Å². The van der Waals surface area contributed by atoms with Crippen molar-refractivity contribution in [2.24, 2.45) is 5.73 Å². The lowest BCUT2D eigenvalue weighted by Crippen LogP contribution is -2.44. The molecule has 0 aliphatic heterocycles. The molecule has 0 fully saturated rings. The van der Waals surface area contributed by atoms with Crippen molar-refractivity contribution in [3.8, 4) is 0 Å². The third-order valence-corrected chi connectivity index (χ3v) is 0.747. The van der Waals surface area contributed by atoms with E-state index in [1.807, 2.05) is 0 Å². The minimum Gasteiger partial charge on any atom is -0.320 e. The molecule has 0 heterocycles. The molecular formula is C5H13N3O. The maximum absolute atomic E-state index is 10.7. The summed E-state index contributed by atoms with van der Waals surface area (Å²) in [4.78, 5) is 10.7.